The van der Waals surface area contributed by atoms with Gasteiger partial charge in [0.15, 0.2) is 0 Å². The van der Waals surface area contributed by atoms with Gasteiger partial charge in [-0.3, -0.25) is 4.79 Å². The number of hydrogen-bond acceptors (Lipinski definition) is 2. The molecule has 0 atom stereocenters. The lowest BCUT2D eigenvalue weighted by Gasteiger charge is -2.16. The van der Waals surface area contributed by atoms with E-state index in [-0.39, 0.29) is 11.7 Å². The highest BCUT2D eigenvalue weighted by Crippen LogP contribution is 2.28. The van der Waals surface area contributed by atoms with Crippen molar-refractivity contribution in [2.75, 3.05) is 11.9 Å². The van der Waals surface area contributed by atoms with Crippen molar-refractivity contribution in [1.82, 2.24) is 10.3 Å². The Morgan fingerprint density at radius 2 is 2.20 bits per heavy atom. The minimum atomic E-state index is -0.230. The lowest BCUT2D eigenvalue weighted by Crippen LogP contribution is -2.31. The van der Waals surface area contributed by atoms with Crippen LogP contribution in [0.2, 0.25) is 0 Å². The van der Waals surface area contributed by atoms with Gasteiger partial charge in [-0.15, -0.1) is 0 Å². The second kappa shape index (κ2) is 5.00. The molecule has 1 aliphatic rings. The molecule has 104 valence electrons. The molecule has 0 aliphatic carbocycles. The van der Waals surface area contributed by atoms with E-state index in [9.17, 15) is 9.18 Å². The number of halogens is 1. The Bertz CT molecular complexity index is 663. The van der Waals surface area contributed by atoms with E-state index in [4.69, 9.17) is 0 Å². The van der Waals surface area contributed by atoms with Gasteiger partial charge in [0, 0.05) is 36.1 Å². The number of nitrogens with one attached hydrogen (secondary N) is 3. The first-order chi connectivity index (χ1) is 9.70. The van der Waals surface area contributed by atoms with Gasteiger partial charge >= 0.3 is 0 Å². The monoisotopic (exact) mass is 273 g/mol. The van der Waals surface area contributed by atoms with E-state index in [0.717, 1.165) is 12.1 Å². The molecule has 2 aromatic rings. The molecule has 1 amide bonds. The van der Waals surface area contributed by atoms with Crippen LogP contribution in [0.5, 0.6) is 0 Å². The molecule has 0 unspecified atom stereocenters. The average molecular weight is 273 g/mol. The van der Waals surface area contributed by atoms with E-state index in [1.807, 2.05) is 13.0 Å². The Morgan fingerprint density at radius 1 is 1.35 bits per heavy atom. The Morgan fingerprint density at radius 3 is 3.00 bits per heavy atom. The first-order valence-corrected chi connectivity index (χ1v) is 6.73. The van der Waals surface area contributed by atoms with Crippen molar-refractivity contribution in [3.05, 3.63) is 47.0 Å². The number of fused-ring (bicyclic) bond motifs is 1. The molecular weight excluding hydrogens is 257 g/mol. The van der Waals surface area contributed by atoms with Crippen LogP contribution in [0.4, 0.5) is 15.8 Å². The fraction of sp³-hybridized carbons (Fsp3) is 0.267. The maximum atomic E-state index is 13.8. The van der Waals surface area contributed by atoms with Gasteiger partial charge < -0.3 is 15.6 Å². The van der Waals surface area contributed by atoms with Gasteiger partial charge in [-0.1, -0.05) is 13.0 Å². The van der Waals surface area contributed by atoms with Crippen molar-refractivity contribution in [3.63, 3.8) is 0 Å². The van der Waals surface area contributed by atoms with E-state index in [0.29, 0.717) is 35.5 Å². The number of H-pyrrole nitrogens is 1. The maximum absolute atomic E-state index is 13.8. The van der Waals surface area contributed by atoms with Crippen molar-refractivity contribution in [1.29, 1.82) is 0 Å². The van der Waals surface area contributed by atoms with Crippen LogP contribution in [0.3, 0.4) is 0 Å². The molecule has 0 fully saturated rings. The molecule has 0 bridgehead atoms. The molecule has 0 saturated carbocycles. The molecule has 2 heterocycles. The molecule has 0 radical (unpaired) electrons. The van der Waals surface area contributed by atoms with Crippen LogP contribution in [-0.2, 0) is 12.8 Å². The van der Waals surface area contributed by atoms with Crippen LogP contribution in [0, 0.1) is 5.82 Å². The molecule has 1 aliphatic heterocycles. The highest BCUT2D eigenvalue weighted by atomic mass is 19.1. The van der Waals surface area contributed by atoms with Gasteiger partial charge in [0.2, 0.25) is 0 Å². The van der Waals surface area contributed by atoms with Gasteiger partial charge in [0.25, 0.3) is 5.91 Å². The van der Waals surface area contributed by atoms with E-state index in [1.165, 1.54) is 6.07 Å². The third-order valence-corrected chi connectivity index (χ3v) is 3.59. The minimum Gasteiger partial charge on any atom is -0.362 e. The summed E-state index contributed by atoms with van der Waals surface area (Å²) in [5.74, 6) is -0.323. The number of aromatic nitrogens is 1. The predicted octanol–water partition coefficient (Wildman–Crippen LogP) is 2.75. The summed E-state index contributed by atoms with van der Waals surface area (Å²) in [6.45, 7) is 2.55. The Balaban J connectivity index is 1.99. The normalized spacial score (nSPS) is 13.8. The number of aromatic amines is 1. The number of hydrogen-bond donors (Lipinski definition) is 3. The van der Waals surface area contributed by atoms with Crippen molar-refractivity contribution < 1.29 is 9.18 Å². The SMILES string of the molecule is CCc1c(F)cccc1Nc1c[nH]c2c1C(=O)NCC2. The summed E-state index contributed by atoms with van der Waals surface area (Å²) < 4.78 is 13.8. The molecule has 0 saturated heterocycles. The molecule has 1 aromatic heterocycles. The topological polar surface area (TPSA) is 56.9 Å². The quantitative estimate of drug-likeness (QED) is 0.805. The van der Waals surface area contributed by atoms with Crippen LogP contribution in [0.15, 0.2) is 24.4 Å². The number of benzene rings is 1. The Hall–Kier alpha value is -2.30. The second-order valence-electron chi connectivity index (χ2n) is 4.81. The summed E-state index contributed by atoms with van der Waals surface area (Å²) in [6, 6.07) is 4.93. The van der Waals surface area contributed by atoms with Crippen LogP contribution in [0.25, 0.3) is 0 Å². The van der Waals surface area contributed by atoms with Gasteiger partial charge in [0.05, 0.1) is 11.3 Å². The van der Waals surface area contributed by atoms with Crippen LogP contribution >= 0.6 is 0 Å². The molecule has 3 rings (SSSR count). The zero-order valence-corrected chi connectivity index (χ0v) is 11.2. The fourth-order valence-electron chi connectivity index (χ4n) is 2.59. The van der Waals surface area contributed by atoms with E-state index in [1.54, 1.807) is 12.3 Å². The smallest absolute Gasteiger partial charge is 0.255 e. The second-order valence-corrected chi connectivity index (χ2v) is 4.81. The van der Waals surface area contributed by atoms with Crippen molar-refractivity contribution >= 4 is 17.3 Å². The lowest BCUT2D eigenvalue weighted by atomic mass is 10.1. The summed E-state index contributed by atoms with van der Waals surface area (Å²) in [7, 11) is 0. The summed E-state index contributed by atoms with van der Waals surface area (Å²) in [5.41, 5.74) is 3.57. The highest BCUT2D eigenvalue weighted by Gasteiger charge is 2.22. The average Bonchev–Trinajstić information content (AvgIpc) is 2.84. The lowest BCUT2D eigenvalue weighted by molar-refractivity contribution is 0.0947. The summed E-state index contributed by atoms with van der Waals surface area (Å²) in [5, 5.41) is 5.99. The number of carbonyl (C=O) groups is 1. The highest BCUT2D eigenvalue weighted by molar-refractivity contribution is 6.02. The van der Waals surface area contributed by atoms with Gasteiger partial charge in [-0.2, -0.15) is 0 Å². The third kappa shape index (κ3) is 2.05. The summed E-state index contributed by atoms with van der Waals surface area (Å²) >= 11 is 0. The zero-order chi connectivity index (χ0) is 14.1. The molecule has 4 nitrogen and oxygen atoms in total. The van der Waals surface area contributed by atoms with Crippen LogP contribution < -0.4 is 10.6 Å². The molecule has 0 spiro atoms. The Labute approximate surface area is 116 Å². The standard InChI is InChI=1S/C15H16FN3O/c1-2-9-10(16)4-3-5-11(9)19-13-8-18-12-6-7-17-15(20)14(12)13/h3-5,8,18-19H,2,6-7H2,1H3,(H,17,20). The molecule has 20 heavy (non-hydrogen) atoms. The molecule has 1 aromatic carbocycles. The summed E-state index contributed by atoms with van der Waals surface area (Å²) in [6.07, 6.45) is 3.14. The number of amides is 1. The largest absolute Gasteiger partial charge is 0.362 e. The van der Waals surface area contributed by atoms with Gasteiger partial charge in [0.1, 0.15) is 5.82 Å². The third-order valence-electron chi connectivity index (χ3n) is 3.59. The molecule has 3 N–H and O–H groups in total. The number of carbonyl (C=O) groups excluding carboxylic acids is 1. The molecule has 5 heteroatoms. The van der Waals surface area contributed by atoms with Gasteiger partial charge in [-0.05, 0) is 18.6 Å². The molecular formula is C15H16FN3O. The number of rotatable bonds is 3. The maximum Gasteiger partial charge on any atom is 0.255 e. The van der Waals surface area contributed by atoms with E-state index in [2.05, 4.69) is 15.6 Å². The van der Waals surface area contributed by atoms with Crippen LogP contribution in [0.1, 0.15) is 28.5 Å². The van der Waals surface area contributed by atoms with Crippen molar-refractivity contribution in [2.24, 2.45) is 0 Å². The van der Waals surface area contributed by atoms with Gasteiger partial charge in [-0.25, -0.2) is 4.39 Å². The fourth-order valence-corrected chi connectivity index (χ4v) is 2.59. The van der Waals surface area contributed by atoms with Crippen molar-refractivity contribution in [3.8, 4) is 0 Å². The number of anilines is 2. The Kier molecular flexibility index (Phi) is 3.18. The predicted molar refractivity (Wildman–Crippen MR) is 75.9 cm³/mol. The zero-order valence-electron chi connectivity index (χ0n) is 11.2. The van der Waals surface area contributed by atoms with Crippen molar-refractivity contribution in [2.45, 2.75) is 19.8 Å². The van der Waals surface area contributed by atoms with E-state index < -0.39 is 0 Å². The van der Waals surface area contributed by atoms with Crippen LogP contribution in [-0.4, -0.2) is 17.4 Å². The first kappa shape index (κ1) is 12.7. The first-order valence-electron chi connectivity index (χ1n) is 6.73. The minimum absolute atomic E-state index is 0.0931. The van der Waals surface area contributed by atoms with E-state index >= 15 is 0 Å². The summed E-state index contributed by atoms with van der Waals surface area (Å²) in [4.78, 5) is 15.0.